The highest BCUT2D eigenvalue weighted by atomic mass is 35.5. The van der Waals surface area contributed by atoms with Crippen molar-refractivity contribution in [2.45, 2.75) is 52.1 Å². The lowest BCUT2D eigenvalue weighted by atomic mass is 10.1. The van der Waals surface area contributed by atoms with Crippen LogP contribution in [0.3, 0.4) is 0 Å². The number of fused-ring (bicyclic) bond motifs is 1. The largest absolute Gasteiger partial charge is 0.459 e. The molecule has 0 radical (unpaired) electrons. The van der Waals surface area contributed by atoms with E-state index < -0.39 is 0 Å². The number of nitrogens with zero attached hydrogens (tertiary/aromatic N) is 1. The Hall–Kier alpha value is -1.92. The van der Waals surface area contributed by atoms with E-state index in [1.165, 1.54) is 17.5 Å². The molecule has 0 aliphatic heterocycles. The van der Waals surface area contributed by atoms with Crippen LogP contribution in [0.2, 0.25) is 5.15 Å². The number of halogens is 1. The minimum Gasteiger partial charge on any atom is -0.459 e. The molecule has 7 heteroatoms. The first kappa shape index (κ1) is 18.9. The van der Waals surface area contributed by atoms with Crippen molar-refractivity contribution in [3.05, 3.63) is 45.1 Å². The van der Waals surface area contributed by atoms with Crippen LogP contribution in [-0.2, 0) is 17.6 Å². The number of nitrogens with one attached hydrogen (secondary N) is 1. The molecule has 0 aromatic carbocycles. The molecule has 2 aromatic rings. The van der Waals surface area contributed by atoms with Gasteiger partial charge < -0.3 is 10.1 Å². The molecule has 0 saturated carbocycles. The van der Waals surface area contributed by atoms with Crippen LogP contribution in [0, 0.1) is 0 Å². The number of ether oxygens (including phenoxy) is 1. The van der Waals surface area contributed by atoms with Crippen LogP contribution in [-0.4, -0.2) is 23.0 Å². The van der Waals surface area contributed by atoms with Gasteiger partial charge in [0.1, 0.15) is 10.2 Å². The van der Waals surface area contributed by atoms with Crippen molar-refractivity contribution < 1.29 is 14.3 Å². The Kier molecular flexibility index (Phi) is 5.94. The van der Waals surface area contributed by atoms with Gasteiger partial charge in [0, 0.05) is 11.1 Å². The third-order valence-electron chi connectivity index (χ3n) is 4.20. The zero-order chi connectivity index (χ0) is 18.7. The summed E-state index contributed by atoms with van der Waals surface area (Å²) in [5, 5.41) is 3.52. The molecule has 0 fully saturated rings. The van der Waals surface area contributed by atoms with Gasteiger partial charge in [-0.3, -0.25) is 4.79 Å². The summed E-state index contributed by atoms with van der Waals surface area (Å²) in [6, 6.07) is 3.26. The second kappa shape index (κ2) is 8.18. The number of hydrogen-bond donors (Lipinski definition) is 1. The molecule has 0 saturated heterocycles. The molecule has 2 aromatic heterocycles. The van der Waals surface area contributed by atoms with Gasteiger partial charge in [-0.25, -0.2) is 9.78 Å². The maximum absolute atomic E-state index is 12.7. The summed E-state index contributed by atoms with van der Waals surface area (Å²) in [5.74, 6) is -0.759. The predicted molar refractivity (Wildman–Crippen MR) is 103 cm³/mol. The van der Waals surface area contributed by atoms with Gasteiger partial charge in [-0.2, -0.15) is 0 Å². The molecule has 26 heavy (non-hydrogen) atoms. The van der Waals surface area contributed by atoms with E-state index in [1.54, 1.807) is 12.1 Å². The Bertz CT molecular complexity index is 832. The van der Waals surface area contributed by atoms with Crippen molar-refractivity contribution in [1.82, 2.24) is 4.98 Å². The highest BCUT2D eigenvalue weighted by Crippen LogP contribution is 2.38. The summed E-state index contributed by atoms with van der Waals surface area (Å²) < 4.78 is 5.43. The maximum atomic E-state index is 12.7. The molecular formula is C19H21ClN2O3S. The maximum Gasteiger partial charge on any atom is 0.341 e. The SMILES string of the molecule is CC(C)OC(=O)c1c(NC(=O)c2cccnc2Cl)sc2c1CCCCC2. The van der Waals surface area contributed by atoms with Crippen LogP contribution in [0.5, 0.6) is 0 Å². The number of anilines is 1. The van der Waals surface area contributed by atoms with Crippen LogP contribution < -0.4 is 5.32 Å². The lowest BCUT2D eigenvalue weighted by Gasteiger charge is -2.11. The van der Waals surface area contributed by atoms with Crippen LogP contribution in [0.4, 0.5) is 5.00 Å². The lowest BCUT2D eigenvalue weighted by molar-refractivity contribution is 0.0378. The molecule has 0 spiro atoms. The van der Waals surface area contributed by atoms with Crippen LogP contribution in [0.15, 0.2) is 18.3 Å². The van der Waals surface area contributed by atoms with Crippen molar-refractivity contribution in [3.8, 4) is 0 Å². The van der Waals surface area contributed by atoms with Crippen LogP contribution >= 0.6 is 22.9 Å². The van der Waals surface area contributed by atoms with Crippen molar-refractivity contribution >= 4 is 39.8 Å². The normalized spacial score (nSPS) is 13.8. The van der Waals surface area contributed by atoms with Crippen molar-refractivity contribution in [2.75, 3.05) is 5.32 Å². The Labute approximate surface area is 161 Å². The number of aromatic nitrogens is 1. The summed E-state index contributed by atoms with van der Waals surface area (Å²) >= 11 is 7.48. The molecule has 138 valence electrons. The zero-order valence-corrected chi connectivity index (χ0v) is 16.4. The van der Waals surface area contributed by atoms with Crippen LogP contribution in [0.25, 0.3) is 0 Å². The van der Waals surface area contributed by atoms with Crippen LogP contribution in [0.1, 0.15) is 64.3 Å². The van der Waals surface area contributed by atoms with Crippen molar-refractivity contribution in [1.29, 1.82) is 0 Å². The molecule has 1 N–H and O–H groups in total. The van der Waals surface area contributed by atoms with E-state index >= 15 is 0 Å². The van der Waals surface area contributed by atoms with Gasteiger partial charge in [-0.1, -0.05) is 18.0 Å². The average molecular weight is 393 g/mol. The minimum atomic E-state index is -0.382. The number of carbonyl (C=O) groups excluding carboxylic acids is 2. The van der Waals surface area contributed by atoms with Gasteiger partial charge in [-0.05, 0) is 57.2 Å². The molecule has 0 atom stereocenters. The molecule has 1 aliphatic rings. The second-order valence-corrected chi connectivity index (χ2v) is 7.98. The number of esters is 1. The first-order valence-corrected chi connectivity index (χ1v) is 9.94. The van der Waals surface area contributed by atoms with Gasteiger partial charge in [0.05, 0.1) is 17.2 Å². The van der Waals surface area contributed by atoms with E-state index in [0.717, 1.165) is 42.5 Å². The summed E-state index contributed by atoms with van der Waals surface area (Å²) in [7, 11) is 0. The Morgan fingerprint density at radius 1 is 1.27 bits per heavy atom. The molecule has 3 rings (SSSR count). The first-order valence-electron chi connectivity index (χ1n) is 8.74. The van der Waals surface area contributed by atoms with E-state index in [9.17, 15) is 9.59 Å². The summed E-state index contributed by atoms with van der Waals surface area (Å²) in [5.41, 5.74) is 1.79. The fourth-order valence-electron chi connectivity index (χ4n) is 3.05. The molecular weight excluding hydrogens is 372 g/mol. The summed E-state index contributed by atoms with van der Waals surface area (Å²) in [6.45, 7) is 3.63. The topological polar surface area (TPSA) is 68.3 Å². The Balaban J connectivity index is 1.96. The van der Waals surface area contributed by atoms with E-state index in [-0.39, 0.29) is 28.7 Å². The van der Waals surface area contributed by atoms with Crippen molar-refractivity contribution in [2.24, 2.45) is 0 Å². The van der Waals surface area contributed by atoms with E-state index in [0.29, 0.717) is 10.6 Å². The van der Waals surface area contributed by atoms with Gasteiger partial charge in [0.25, 0.3) is 5.91 Å². The number of amides is 1. The molecule has 1 amide bonds. The first-order chi connectivity index (χ1) is 12.5. The molecule has 2 heterocycles. The number of thiophene rings is 1. The standard InChI is InChI=1S/C19H21ClN2O3S/c1-11(2)25-19(24)15-12-7-4-3-5-9-14(12)26-18(15)22-17(23)13-8-6-10-21-16(13)20/h6,8,10-11H,3-5,7,9H2,1-2H3,(H,22,23). The lowest BCUT2D eigenvalue weighted by Crippen LogP contribution is -2.17. The molecule has 0 bridgehead atoms. The van der Waals surface area contributed by atoms with Gasteiger partial charge >= 0.3 is 5.97 Å². The highest BCUT2D eigenvalue weighted by Gasteiger charge is 2.27. The number of rotatable bonds is 4. The Morgan fingerprint density at radius 3 is 2.77 bits per heavy atom. The summed E-state index contributed by atoms with van der Waals surface area (Å²) in [4.78, 5) is 30.4. The highest BCUT2D eigenvalue weighted by molar-refractivity contribution is 7.17. The molecule has 5 nitrogen and oxygen atoms in total. The molecule has 1 aliphatic carbocycles. The van der Waals surface area contributed by atoms with E-state index in [4.69, 9.17) is 16.3 Å². The third-order valence-corrected chi connectivity index (χ3v) is 5.71. The van der Waals surface area contributed by atoms with E-state index in [2.05, 4.69) is 10.3 Å². The number of pyridine rings is 1. The average Bonchev–Trinajstić information content (AvgIpc) is 2.75. The van der Waals surface area contributed by atoms with E-state index in [1.807, 2.05) is 13.8 Å². The fourth-order valence-corrected chi connectivity index (χ4v) is 4.52. The smallest absolute Gasteiger partial charge is 0.341 e. The predicted octanol–water partition coefficient (Wildman–Crippen LogP) is 4.88. The Morgan fingerprint density at radius 2 is 2.04 bits per heavy atom. The zero-order valence-electron chi connectivity index (χ0n) is 14.8. The number of hydrogen-bond acceptors (Lipinski definition) is 5. The third kappa shape index (κ3) is 4.07. The fraction of sp³-hybridized carbons (Fsp3) is 0.421. The second-order valence-electron chi connectivity index (χ2n) is 6.52. The number of carbonyl (C=O) groups is 2. The molecule has 0 unspecified atom stereocenters. The quantitative estimate of drug-likeness (QED) is 0.457. The van der Waals surface area contributed by atoms with Crippen molar-refractivity contribution in [3.63, 3.8) is 0 Å². The van der Waals surface area contributed by atoms with Gasteiger partial charge in [0.2, 0.25) is 0 Å². The monoisotopic (exact) mass is 392 g/mol. The van der Waals surface area contributed by atoms with Gasteiger partial charge in [-0.15, -0.1) is 11.3 Å². The number of aryl methyl sites for hydroxylation is 1. The summed E-state index contributed by atoms with van der Waals surface area (Å²) in [6.07, 6.45) is 6.33. The minimum absolute atomic E-state index is 0.134. The van der Waals surface area contributed by atoms with Gasteiger partial charge in [0.15, 0.2) is 0 Å².